The number of likely N-dealkylation sites (N-methyl/N-ethyl adjacent to an activating group) is 1. The molecule has 0 bridgehead atoms. The number of phenolic OH excluding ortho intramolecular Hbond substituents is 1. The highest BCUT2D eigenvalue weighted by atomic mass is 16.6. The number of nitrogens with zero attached hydrogens (tertiary/aromatic N) is 4. The number of aryl methyl sites for hydroxylation is 4. The minimum Gasteiger partial charge on any atom is -0.508 e. The fourth-order valence-corrected chi connectivity index (χ4v) is 10.9. The van der Waals surface area contributed by atoms with E-state index < -0.39 is 82.5 Å². The molecule has 6 unspecified atom stereocenters. The number of aromatic hydroxyl groups is 1. The Balaban J connectivity index is 0.000000190. The summed E-state index contributed by atoms with van der Waals surface area (Å²) in [4.78, 5) is 63.1. The Morgan fingerprint density at radius 2 is 1.51 bits per heavy atom. The molecule has 1 aromatic heterocycles. The molecule has 9 rings (SSSR count). The number of fused-ring (bicyclic) bond motifs is 4. The van der Waals surface area contributed by atoms with Gasteiger partial charge in [0.1, 0.15) is 46.9 Å². The Morgan fingerprint density at radius 1 is 0.882 bits per heavy atom. The second kappa shape index (κ2) is 23.6. The number of rotatable bonds is 9. The maximum atomic E-state index is 13.7. The van der Waals surface area contributed by atoms with Gasteiger partial charge in [-0.25, -0.2) is 0 Å². The molecule has 20 heteroatoms. The lowest BCUT2D eigenvalue weighted by Gasteiger charge is -2.50. The van der Waals surface area contributed by atoms with Crippen LogP contribution in [0.2, 0.25) is 0 Å². The minimum absolute atomic E-state index is 0.0254. The average molecular weight is 1050 g/mol. The van der Waals surface area contributed by atoms with Crippen LogP contribution < -0.4 is 20.4 Å². The van der Waals surface area contributed by atoms with Gasteiger partial charge in [0, 0.05) is 59.4 Å². The Hall–Kier alpha value is -7.46. The van der Waals surface area contributed by atoms with Gasteiger partial charge in [0.05, 0.1) is 30.2 Å². The Kier molecular flexibility index (Phi) is 18.0. The molecule has 1 saturated heterocycles. The molecule has 76 heavy (non-hydrogen) atoms. The summed E-state index contributed by atoms with van der Waals surface area (Å²) >= 11 is 0. The van der Waals surface area contributed by atoms with Gasteiger partial charge in [-0.1, -0.05) is 35.9 Å². The summed E-state index contributed by atoms with van der Waals surface area (Å²) in [5, 5.41) is 84.9. The molecule has 3 aliphatic carbocycles. The van der Waals surface area contributed by atoms with Crippen LogP contribution in [-0.4, -0.2) is 145 Å². The second-order valence-electron chi connectivity index (χ2n) is 19.6. The third-order valence-corrected chi connectivity index (χ3v) is 14.3. The fraction of sp³-hybridized carbons (Fsp3) is 0.393. The third kappa shape index (κ3) is 10.8. The van der Waals surface area contributed by atoms with Crippen LogP contribution in [-0.2, 0) is 25.5 Å². The van der Waals surface area contributed by atoms with Gasteiger partial charge in [0.15, 0.2) is 34.2 Å². The number of carbonyl (C=O) groups excluding carboxylic acids is 3. The molecule has 406 valence electrons. The van der Waals surface area contributed by atoms with Gasteiger partial charge in [0.25, 0.3) is 0 Å². The summed E-state index contributed by atoms with van der Waals surface area (Å²) in [5.74, 6) is -4.84. The van der Waals surface area contributed by atoms with Crippen molar-refractivity contribution < 1.29 is 64.8 Å². The van der Waals surface area contributed by atoms with E-state index >= 15 is 0 Å². The van der Waals surface area contributed by atoms with E-state index in [2.05, 4.69) is 41.1 Å². The number of ketones is 3. The number of carbonyl (C=O) groups is 3. The number of aliphatic hydroxyl groups excluding tert-OH is 5. The summed E-state index contributed by atoms with van der Waals surface area (Å²) in [6.45, 7) is 11.4. The largest absolute Gasteiger partial charge is 0.508 e. The molecule has 1 saturated carbocycles. The summed E-state index contributed by atoms with van der Waals surface area (Å²) < 4.78 is 13.2. The molecule has 2 fully saturated rings. The number of benzene rings is 3. The molecular formula is C56H67N5O15. The number of Topliss-reactive ketones (excluding diaryl/α,β-unsaturated/α-hetero) is 3. The van der Waals surface area contributed by atoms with Gasteiger partial charge in [-0.15, -0.1) is 4.91 Å². The van der Waals surface area contributed by atoms with Crippen LogP contribution >= 0.6 is 0 Å². The fourth-order valence-electron chi connectivity index (χ4n) is 10.9. The van der Waals surface area contributed by atoms with E-state index in [-0.39, 0.29) is 41.8 Å². The first-order valence-electron chi connectivity index (χ1n) is 24.6. The van der Waals surface area contributed by atoms with Gasteiger partial charge >= 0.3 is 0 Å². The zero-order valence-electron chi connectivity index (χ0n) is 44.1. The topological polar surface area (TPSA) is 301 Å². The number of hydrogen-bond acceptors (Lipinski definition) is 18. The summed E-state index contributed by atoms with van der Waals surface area (Å²) in [6.07, 6.45) is -3.17. The predicted octanol–water partition coefficient (Wildman–Crippen LogP) is 5.44. The molecule has 0 amide bonds. The quantitative estimate of drug-likeness (QED) is 0.0505. The lowest BCUT2D eigenvalue weighted by atomic mass is 9.57. The minimum atomic E-state index is -2.55. The number of anilines is 2. The highest BCUT2D eigenvalue weighted by Crippen LogP contribution is 2.53. The van der Waals surface area contributed by atoms with E-state index in [1.807, 2.05) is 77.0 Å². The van der Waals surface area contributed by atoms with Crippen LogP contribution in [0.3, 0.4) is 0 Å². The molecule has 4 aromatic carbocycles. The van der Waals surface area contributed by atoms with Crippen molar-refractivity contribution in [3.63, 3.8) is 0 Å². The summed E-state index contributed by atoms with van der Waals surface area (Å²) in [7, 11) is 6.85. The normalized spacial score (nSPS) is 23.4. The van der Waals surface area contributed by atoms with E-state index in [0.717, 1.165) is 57.5 Å². The number of nitrogens with one attached hydrogen (secondary N) is 1. The van der Waals surface area contributed by atoms with E-state index in [4.69, 9.17) is 24.7 Å². The van der Waals surface area contributed by atoms with Crippen molar-refractivity contribution in [3.8, 4) is 17.2 Å². The van der Waals surface area contributed by atoms with Crippen LogP contribution in [0.4, 0.5) is 11.4 Å². The van der Waals surface area contributed by atoms with E-state index in [0.29, 0.717) is 12.2 Å². The van der Waals surface area contributed by atoms with Crippen molar-refractivity contribution in [3.05, 3.63) is 145 Å². The van der Waals surface area contributed by atoms with E-state index in [9.17, 15) is 49.8 Å². The zero-order chi connectivity index (χ0) is 56.2. The standard InChI is InChI=1S/C24H28N2O7.C20H21NO2.C12H17NO4.HNO2/c1-10(27)16-21(30)19(26(4)5)13-9-11-8-12-14(25(2)3)6-7-15(28)18(12)20(29)17(11)23(32)24(13,33)22(16)31;1-5-23-18-8-6-7-17(22)19-14(3)21(15(4)20(18)19)16-11-9-13(2)10-12-16;1-7-3-2-4-8(5-7)13-12-11(16)10(15)9(6-14)17-12;2-1-3/h6-7,11,13,19,28-29,31,33H,8-9H2,1-5H3;6-12H,5H2,1-4H3;2-5,9-16H,6H2,1H3;(H,2,3)/t11?,13?,19-,24+;;;/m0.../s1. The zero-order valence-corrected chi connectivity index (χ0v) is 44.1. The summed E-state index contributed by atoms with van der Waals surface area (Å²) in [5.41, 5.74) is 4.41. The first kappa shape index (κ1) is 57.8. The van der Waals surface area contributed by atoms with E-state index in [1.54, 1.807) is 32.3 Å². The lowest BCUT2D eigenvalue weighted by molar-refractivity contribution is -0.153. The van der Waals surface area contributed by atoms with E-state index in [1.165, 1.54) is 21.9 Å². The third-order valence-electron chi connectivity index (χ3n) is 14.3. The van der Waals surface area contributed by atoms with Crippen molar-refractivity contribution in [2.45, 2.75) is 90.6 Å². The predicted molar refractivity (Wildman–Crippen MR) is 285 cm³/mol. The van der Waals surface area contributed by atoms with Crippen LogP contribution in [0, 0.1) is 44.4 Å². The highest BCUT2D eigenvalue weighted by molar-refractivity contribution is 6.25. The van der Waals surface area contributed by atoms with Gasteiger partial charge in [-0.2, -0.15) is 0 Å². The molecule has 9 N–H and O–H groups in total. The van der Waals surface area contributed by atoms with Crippen LogP contribution in [0.15, 0.2) is 106 Å². The molecule has 1 aliphatic heterocycles. The summed E-state index contributed by atoms with van der Waals surface area (Å²) in [6, 6.07) is 23.3. The molecular weight excluding hydrogens is 983 g/mol. The number of ether oxygens (including phenoxy) is 2. The van der Waals surface area contributed by atoms with Gasteiger partial charge < -0.3 is 65.2 Å². The molecule has 0 radical (unpaired) electrons. The molecule has 4 aliphatic rings. The molecule has 2 heterocycles. The first-order chi connectivity index (χ1) is 35.9. The maximum Gasteiger partial charge on any atom is 0.202 e. The maximum absolute atomic E-state index is 13.7. The van der Waals surface area contributed by atoms with Crippen molar-refractivity contribution in [1.82, 2.24) is 9.47 Å². The van der Waals surface area contributed by atoms with Crippen LogP contribution in [0.1, 0.15) is 53.9 Å². The van der Waals surface area contributed by atoms with Gasteiger partial charge in [-0.05, 0) is 134 Å². The first-order valence-corrected chi connectivity index (χ1v) is 24.6. The van der Waals surface area contributed by atoms with Crippen molar-refractivity contribution in [2.24, 2.45) is 17.2 Å². The van der Waals surface area contributed by atoms with Crippen molar-refractivity contribution in [1.29, 1.82) is 0 Å². The average Bonchev–Trinajstić information content (AvgIpc) is 3.71. The molecule has 0 spiro atoms. The molecule has 8 atom stereocenters. The van der Waals surface area contributed by atoms with Crippen LogP contribution in [0.25, 0.3) is 22.2 Å². The highest BCUT2D eigenvalue weighted by Gasteiger charge is 2.64. The van der Waals surface area contributed by atoms with Crippen molar-refractivity contribution >= 4 is 45.3 Å². The Labute approximate surface area is 439 Å². The van der Waals surface area contributed by atoms with Gasteiger partial charge in [-0.3, -0.25) is 24.1 Å². The Bertz CT molecular complexity index is 3150. The lowest BCUT2D eigenvalue weighted by Crippen LogP contribution is -2.65. The molecule has 20 nitrogen and oxygen atoms in total. The number of phenols is 1. The van der Waals surface area contributed by atoms with Gasteiger partial charge in [0.2, 0.25) is 5.78 Å². The number of aliphatic hydroxyl groups is 6. The SMILES string of the molecule is CC(=O)C1=C(O)[C@@]2(O)C(=O)C3=C(O)c4c(O)ccc(N(C)C)c4CC3CC2[C@H](N(C)C)C1=O.CCOc1cccc(=O)c2c(C)n(-c3ccc(C)cc3)c(C)c12.Cc1cccc(NC2OC(CO)C(O)C2O)c1.O=NO. The van der Waals surface area contributed by atoms with Crippen molar-refractivity contribution in [2.75, 3.05) is 51.6 Å². The number of hydrogen-bond donors (Lipinski definition) is 9. The number of aromatic nitrogens is 1. The van der Waals surface area contributed by atoms with Crippen LogP contribution in [0.5, 0.6) is 11.5 Å². The smallest absolute Gasteiger partial charge is 0.202 e. The molecule has 5 aromatic rings. The monoisotopic (exact) mass is 1050 g/mol. The Morgan fingerprint density at radius 3 is 2.08 bits per heavy atom. The second-order valence-corrected chi connectivity index (χ2v) is 19.6.